The molecule has 0 saturated carbocycles. The Balaban J connectivity index is 2.04. The molecule has 0 spiro atoms. The van der Waals surface area contributed by atoms with Gasteiger partial charge in [-0.25, -0.2) is 4.79 Å². The van der Waals surface area contributed by atoms with E-state index in [0.717, 1.165) is 10.5 Å². The third kappa shape index (κ3) is 3.89. The summed E-state index contributed by atoms with van der Waals surface area (Å²) in [6, 6.07) is 7.30. The quantitative estimate of drug-likeness (QED) is 0.707. The summed E-state index contributed by atoms with van der Waals surface area (Å²) in [6.07, 6.45) is 0.207. The first-order chi connectivity index (χ1) is 11.4. The summed E-state index contributed by atoms with van der Waals surface area (Å²) in [5.41, 5.74) is 6.15. The summed E-state index contributed by atoms with van der Waals surface area (Å²) in [6.45, 7) is 2.51. The number of urea groups is 1. The van der Waals surface area contributed by atoms with Crippen molar-refractivity contribution in [3.05, 3.63) is 35.9 Å². The molecule has 1 aliphatic heterocycles. The van der Waals surface area contributed by atoms with Crippen molar-refractivity contribution in [1.82, 2.24) is 15.1 Å². The number of hydrogen-bond donors (Lipinski definition) is 2. The van der Waals surface area contributed by atoms with E-state index in [0.29, 0.717) is 6.54 Å². The van der Waals surface area contributed by atoms with E-state index in [-0.39, 0.29) is 19.5 Å². The van der Waals surface area contributed by atoms with Crippen molar-refractivity contribution < 1.29 is 19.2 Å². The van der Waals surface area contributed by atoms with Crippen LogP contribution in [0.3, 0.4) is 0 Å². The van der Waals surface area contributed by atoms with Crippen LogP contribution in [0.1, 0.15) is 12.5 Å². The molecule has 1 aliphatic rings. The number of piperazine rings is 1. The maximum Gasteiger partial charge on any atom is 0.325 e. The summed E-state index contributed by atoms with van der Waals surface area (Å²) in [7, 11) is 0. The number of rotatable bonds is 5. The Kier molecular flexibility index (Phi) is 5.51. The molecule has 0 bridgehead atoms. The third-order valence-corrected chi connectivity index (χ3v) is 3.86. The minimum absolute atomic E-state index is 0.0844. The van der Waals surface area contributed by atoms with Crippen molar-refractivity contribution in [3.8, 4) is 0 Å². The topological polar surface area (TPSA) is 113 Å². The average molecular weight is 332 g/mol. The van der Waals surface area contributed by atoms with Gasteiger partial charge in [0.25, 0.3) is 0 Å². The lowest BCUT2D eigenvalue weighted by Crippen LogP contribution is -2.60. The Labute approximate surface area is 139 Å². The molecule has 1 aromatic carbocycles. The molecule has 2 rings (SSSR count). The van der Waals surface area contributed by atoms with E-state index in [4.69, 9.17) is 5.73 Å². The number of carbonyl (C=O) groups excluding carboxylic acids is 4. The summed E-state index contributed by atoms with van der Waals surface area (Å²) in [4.78, 5) is 49.9. The summed E-state index contributed by atoms with van der Waals surface area (Å²) in [5.74, 6) is -2.33. The summed E-state index contributed by atoms with van der Waals surface area (Å²) >= 11 is 0. The Morgan fingerprint density at radius 3 is 2.42 bits per heavy atom. The number of nitrogens with zero attached hydrogens (tertiary/aromatic N) is 2. The first kappa shape index (κ1) is 17.5. The fourth-order valence-corrected chi connectivity index (χ4v) is 2.47. The summed E-state index contributed by atoms with van der Waals surface area (Å²) in [5, 5.41) is 2.44. The Hall–Kier alpha value is -2.90. The van der Waals surface area contributed by atoms with Crippen molar-refractivity contribution in [1.29, 1.82) is 0 Å². The van der Waals surface area contributed by atoms with E-state index < -0.39 is 29.8 Å². The van der Waals surface area contributed by atoms with Gasteiger partial charge in [-0.1, -0.05) is 30.3 Å². The zero-order valence-electron chi connectivity index (χ0n) is 13.4. The smallest absolute Gasteiger partial charge is 0.325 e. The zero-order chi connectivity index (χ0) is 17.7. The van der Waals surface area contributed by atoms with Gasteiger partial charge in [0.2, 0.25) is 5.91 Å². The van der Waals surface area contributed by atoms with Crippen LogP contribution < -0.4 is 11.1 Å². The lowest BCUT2D eigenvalue weighted by Gasteiger charge is -2.32. The van der Waals surface area contributed by atoms with Crippen LogP contribution in [0.15, 0.2) is 30.3 Å². The molecule has 1 aromatic rings. The third-order valence-electron chi connectivity index (χ3n) is 3.86. The van der Waals surface area contributed by atoms with E-state index in [1.54, 1.807) is 31.2 Å². The Bertz CT molecular complexity index is 647. The molecule has 128 valence electrons. The van der Waals surface area contributed by atoms with Gasteiger partial charge >= 0.3 is 17.8 Å². The van der Waals surface area contributed by atoms with Gasteiger partial charge < -0.3 is 16.0 Å². The molecule has 1 unspecified atom stereocenters. The maximum atomic E-state index is 12.3. The first-order valence-corrected chi connectivity index (χ1v) is 7.68. The van der Waals surface area contributed by atoms with Gasteiger partial charge in [0.05, 0.1) is 0 Å². The molecule has 1 saturated heterocycles. The van der Waals surface area contributed by atoms with Crippen LogP contribution in [0.25, 0.3) is 0 Å². The van der Waals surface area contributed by atoms with E-state index in [1.165, 1.54) is 4.90 Å². The second-order valence-electron chi connectivity index (χ2n) is 5.44. The molecule has 0 aromatic heterocycles. The molecular formula is C16H20N4O4. The maximum absolute atomic E-state index is 12.3. The number of imide groups is 1. The van der Waals surface area contributed by atoms with E-state index in [9.17, 15) is 19.2 Å². The molecule has 5 amide bonds. The largest absolute Gasteiger partial charge is 0.368 e. The van der Waals surface area contributed by atoms with Crippen molar-refractivity contribution in [2.45, 2.75) is 19.4 Å². The number of nitrogens with one attached hydrogen (secondary N) is 1. The van der Waals surface area contributed by atoms with Crippen LogP contribution in [-0.2, 0) is 20.8 Å². The molecule has 1 fully saturated rings. The van der Waals surface area contributed by atoms with Crippen molar-refractivity contribution in [2.75, 3.05) is 19.6 Å². The standard InChI is InChI=1S/C16H20N4O4/c1-2-19-8-9-20(15(23)14(19)22)16(24)18-12(13(17)21)10-11-6-4-3-5-7-11/h3-7,12H,2,8-10H2,1H3,(H2,17,21)(H,18,24). The van der Waals surface area contributed by atoms with E-state index in [1.807, 2.05) is 6.07 Å². The van der Waals surface area contributed by atoms with Crippen molar-refractivity contribution in [2.24, 2.45) is 5.73 Å². The van der Waals surface area contributed by atoms with Gasteiger partial charge in [-0.3, -0.25) is 19.3 Å². The van der Waals surface area contributed by atoms with Gasteiger partial charge in [-0.05, 0) is 12.5 Å². The second kappa shape index (κ2) is 7.58. The van der Waals surface area contributed by atoms with E-state index in [2.05, 4.69) is 5.32 Å². The fourth-order valence-electron chi connectivity index (χ4n) is 2.47. The molecule has 1 atom stereocenters. The van der Waals surface area contributed by atoms with Crippen LogP contribution >= 0.6 is 0 Å². The number of amides is 5. The van der Waals surface area contributed by atoms with E-state index >= 15 is 0 Å². The molecule has 0 aliphatic carbocycles. The molecular weight excluding hydrogens is 312 g/mol. The van der Waals surface area contributed by atoms with Gasteiger partial charge in [0.1, 0.15) is 6.04 Å². The van der Waals surface area contributed by atoms with Crippen molar-refractivity contribution in [3.63, 3.8) is 0 Å². The molecule has 24 heavy (non-hydrogen) atoms. The zero-order valence-corrected chi connectivity index (χ0v) is 13.4. The summed E-state index contributed by atoms with van der Waals surface area (Å²) < 4.78 is 0. The number of benzene rings is 1. The number of primary amides is 1. The fraction of sp³-hybridized carbons (Fsp3) is 0.375. The number of nitrogens with two attached hydrogens (primary N) is 1. The number of hydrogen-bond acceptors (Lipinski definition) is 4. The van der Waals surface area contributed by atoms with Gasteiger partial charge in [0, 0.05) is 26.1 Å². The highest BCUT2D eigenvalue weighted by molar-refractivity contribution is 6.38. The van der Waals surface area contributed by atoms with Gasteiger partial charge in [0.15, 0.2) is 0 Å². The van der Waals surface area contributed by atoms with Crippen LogP contribution in [0, 0.1) is 0 Å². The second-order valence-corrected chi connectivity index (χ2v) is 5.44. The highest BCUT2D eigenvalue weighted by atomic mass is 16.2. The minimum Gasteiger partial charge on any atom is -0.368 e. The first-order valence-electron chi connectivity index (χ1n) is 7.68. The monoisotopic (exact) mass is 332 g/mol. The normalized spacial score (nSPS) is 16.0. The number of likely N-dealkylation sites (N-methyl/N-ethyl adjacent to an activating group) is 1. The molecule has 1 heterocycles. The average Bonchev–Trinajstić information content (AvgIpc) is 2.57. The highest BCUT2D eigenvalue weighted by Crippen LogP contribution is 2.07. The van der Waals surface area contributed by atoms with Gasteiger partial charge in [-0.15, -0.1) is 0 Å². The molecule has 8 heteroatoms. The Morgan fingerprint density at radius 2 is 1.83 bits per heavy atom. The predicted octanol–water partition coefficient (Wildman–Crippen LogP) is -0.517. The van der Waals surface area contributed by atoms with Crippen LogP contribution in [0.5, 0.6) is 0 Å². The predicted molar refractivity (Wildman–Crippen MR) is 85.6 cm³/mol. The Morgan fingerprint density at radius 1 is 1.17 bits per heavy atom. The van der Waals surface area contributed by atoms with Gasteiger partial charge in [-0.2, -0.15) is 0 Å². The molecule has 0 radical (unpaired) electrons. The lowest BCUT2D eigenvalue weighted by molar-refractivity contribution is -0.153. The highest BCUT2D eigenvalue weighted by Gasteiger charge is 2.36. The minimum atomic E-state index is -0.966. The SMILES string of the molecule is CCN1CCN(C(=O)NC(Cc2ccccc2)C(N)=O)C(=O)C1=O. The molecule has 3 N–H and O–H groups in total. The van der Waals surface area contributed by atoms with Crippen LogP contribution in [0.4, 0.5) is 4.79 Å². The van der Waals surface area contributed by atoms with Crippen LogP contribution in [-0.4, -0.2) is 59.2 Å². The van der Waals surface area contributed by atoms with Crippen molar-refractivity contribution >= 4 is 23.8 Å². The number of carbonyl (C=O) groups is 4. The molecule has 8 nitrogen and oxygen atoms in total. The van der Waals surface area contributed by atoms with Crippen LogP contribution in [0.2, 0.25) is 0 Å². The lowest BCUT2D eigenvalue weighted by atomic mass is 10.1.